The highest BCUT2D eigenvalue weighted by Crippen LogP contribution is 2.33. The van der Waals surface area contributed by atoms with E-state index in [0.717, 1.165) is 22.4 Å². The van der Waals surface area contributed by atoms with Crippen LogP contribution in [0.5, 0.6) is 5.75 Å². The Balaban J connectivity index is 1.99. The molecule has 0 aliphatic heterocycles. The number of halogens is 1. The topological polar surface area (TPSA) is 72.6 Å². The molecule has 1 atom stereocenters. The van der Waals surface area contributed by atoms with Crippen LogP contribution in [-0.4, -0.2) is 17.7 Å². The van der Waals surface area contributed by atoms with Crippen molar-refractivity contribution in [2.45, 2.75) is 31.7 Å². The van der Waals surface area contributed by atoms with E-state index in [1.165, 1.54) is 12.8 Å². The summed E-state index contributed by atoms with van der Waals surface area (Å²) in [6.45, 7) is 0.742. The minimum absolute atomic E-state index is 0.0789. The minimum atomic E-state index is -0.822. The number of carbonyl (C=O) groups is 1. The van der Waals surface area contributed by atoms with Gasteiger partial charge >= 0.3 is 5.97 Å². The Morgan fingerprint density at radius 3 is 2.89 bits per heavy atom. The zero-order valence-electron chi connectivity index (χ0n) is 10.6. The quantitative estimate of drug-likeness (QED) is 0.807. The van der Waals surface area contributed by atoms with E-state index in [2.05, 4.69) is 15.9 Å². The lowest BCUT2D eigenvalue weighted by molar-refractivity contribution is -0.137. The first kappa shape index (κ1) is 14.3. The van der Waals surface area contributed by atoms with Gasteiger partial charge in [0.1, 0.15) is 5.75 Å². The van der Waals surface area contributed by atoms with Gasteiger partial charge in [0, 0.05) is 12.5 Å². The fourth-order valence-corrected chi connectivity index (χ4v) is 2.16. The van der Waals surface area contributed by atoms with E-state index in [0.29, 0.717) is 12.3 Å². The Hall–Kier alpha value is -1.07. The summed E-state index contributed by atoms with van der Waals surface area (Å²) in [4.78, 5) is 10.6. The van der Waals surface area contributed by atoms with Crippen molar-refractivity contribution in [1.29, 1.82) is 0 Å². The number of hydrogen-bond donors (Lipinski definition) is 2. The molecule has 0 radical (unpaired) electrons. The second-order valence-corrected chi connectivity index (χ2v) is 5.84. The smallest absolute Gasteiger partial charge is 0.303 e. The summed E-state index contributed by atoms with van der Waals surface area (Å²) in [5.41, 5.74) is 6.91. The van der Waals surface area contributed by atoms with Crippen LogP contribution < -0.4 is 10.5 Å². The Labute approximate surface area is 121 Å². The molecule has 1 unspecified atom stereocenters. The molecule has 0 bridgehead atoms. The first-order valence-electron chi connectivity index (χ1n) is 6.46. The summed E-state index contributed by atoms with van der Waals surface area (Å²) in [7, 11) is 0. The molecular formula is C14H18BrNO3. The molecule has 0 amide bonds. The van der Waals surface area contributed by atoms with Gasteiger partial charge in [0.25, 0.3) is 0 Å². The molecule has 0 heterocycles. The third-order valence-corrected chi connectivity index (χ3v) is 3.88. The lowest BCUT2D eigenvalue weighted by Gasteiger charge is -2.14. The van der Waals surface area contributed by atoms with E-state index in [1.54, 1.807) is 0 Å². The molecule has 1 aliphatic rings. The van der Waals surface area contributed by atoms with Gasteiger partial charge in [0.2, 0.25) is 0 Å². The monoisotopic (exact) mass is 327 g/mol. The van der Waals surface area contributed by atoms with Crippen molar-refractivity contribution >= 4 is 21.9 Å². The van der Waals surface area contributed by atoms with Crippen LogP contribution in [0.15, 0.2) is 22.7 Å². The van der Waals surface area contributed by atoms with Crippen molar-refractivity contribution in [2.75, 3.05) is 6.61 Å². The molecule has 104 valence electrons. The van der Waals surface area contributed by atoms with Gasteiger partial charge in [-0.15, -0.1) is 0 Å². The molecule has 1 aromatic rings. The van der Waals surface area contributed by atoms with Crippen LogP contribution in [0, 0.1) is 5.92 Å². The van der Waals surface area contributed by atoms with E-state index in [1.807, 2.05) is 18.2 Å². The maximum atomic E-state index is 10.6. The second kappa shape index (κ2) is 6.39. The van der Waals surface area contributed by atoms with Crippen LogP contribution in [0.4, 0.5) is 0 Å². The molecule has 0 spiro atoms. The number of aliphatic carboxylic acids is 1. The predicted molar refractivity (Wildman–Crippen MR) is 76.2 cm³/mol. The molecule has 0 aromatic heterocycles. The van der Waals surface area contributed by atoms with Crippen molar-refractivity contribution in [3.63, 3.8) is 0 Å². The highest BCUT2D eigenvalue weighted by molar-refractivity contribution is 9.10. The number of ether oxygens (including phenoxy) is 1. The SMILES string of the molecule is NC(CCC(=O)O)c1ccc(Br)c(OCC2CC2)c1. The van der Waals surface area contributed by atoms with Crippen LogP contribution in [0.2, 0.25) is 0 Å². The van der Waals surface area contributed by atoms with Crippen LogP contribution in [0.25, 0.3) is 0 Å². The summed E-state index contributed by atoms with van der Waals surface area (Å²) in [5, 5.41) is 8.67. The summed E-state index contributed by atoms with van der Waals surface area (Å²) in [5.74, 6) is 0.657. The minimum Gasteiger partial charge on any atom is -0.492 e. The predicted octanol–water partition coefficient (Wildman–Crippen LogP) is 3.10. The summed E-state index contributed by atoms with van der Waals surface area (Å²) < 4.78 is 6.66. The molecule has 1 saturated carbocycles. The van der Waals surface area contributed by atoms with Crippen molar-refractivity contribution in [2.24, 2.45) is 11.7 Å². The van der Waals surface area contributed by atoms with Gasteiger partial charge in [-0.2, -0.15) is 0 Å². The van der Waals surface area contributed by atoms with Gasteiger partial charge < -0.3 is 15.6 Å². The van der Waals surface area contributed by atoms with Gasteiger partial charge in [-0.1, -0.05) is 6.07 Å². The number of benzene rings is 1. The van der Waals surface area contributed by atoms with Crippen LogP contribution in [0.3, 0.4) is 0 Å². The zero-order valence-corrected chi connectivity index (χ0v) is 12.2. The van der Waals surface area contributed by atoms with Crippen molar-refractivity contribution in [3.05, 3.63) is 28.2 Å². The molecule has 2 rings (SSSR count). The van der Waals surface area contributed by atoms with Crippen LogP contribution in [-0.2, 0) is 4.79 Å². The highest BCUT2D eigenvalue weighted by Gasteiger charge is 2.22. The highest BCUT2D eigenvalue weighted by atomic mass is 79.9. The third kappa shape index (κ3) is 4.51. The molecular weight excluding hydrogens is 310 g/mol. The molecule has 4 nitrogen and oxygen atoms in total. The van der Waals surface area contributed by atoms with Gasteiger partial charge in [-0.05, 0) is 58.8 Å². The number of hydrogen-bond acceptors (Lipinski definition) is 3. The molecule has 1 fully saturated rings. The molecule has 5 heteroatoms. The number of nitrogens with two attached hydrogens (primary N) is 1. The number of carboxylic acid groups (broad SMARTS) is 1. The van der Waals surface area contributed by atoms with E-state index in [9.17, 15) is 4.79 Å². The summed E-state index contributed by atoms with van der Waals surface area (Å²) >= 11 is 3.45. The Morgan fingerprint density at radius 1 is 1.53 bits per heavy atom. The van der Waals surface area contributed by atoms with Gasteiger partial charge in [0.05, 0.1) is 11.1 Å². The van der Waals surface area contributed by atoms with E-state index in [-0.39, 0.29) is 12.5 Å². The van der Waals surface area contributed by atoms with Gasteiger partial charge in [-0.3, -0.25) is 4.79 Å². The largest absolute Gasteiger partial charge is 0.492 e. The Morgan fingerprint density at radius 2 is 2.26 bits per heavy atom. The van der Waals surface area contributed by atoms with Crippen molar-refractivity contribution in [1.82, 2.24) is 0 Å². The molecule has 3 N–H and O–H groups in total. The molecule has 1 aromatic carbocycles. The van der Waals surface area contributed by atoms with Crippen molar-refractivity contribution < 1.29 is 14.6 Å². The summed E-state index contributed by atoms with van der Waals surface area (Å²) in [6.07, 6.45) is 3.00. The first-order chi connectivity index (χ1) is 9.06. The van der Waals surface area contributed by atoms with Crippen molar-refractivity contribution in [3.8, 4) is 5.75 Å². The fourth-order valence-electron chi connectivity index (χ4n) is 1.80. The standard InChI is InChI=1S/C14H18BrNO3/c15-11-4-3-10(12(16)5-6-14(17)18)7-13(11)19-8-9-1-2-9/h3-4,7,9,12H,1-2,5-6,8,16H2,(H,17,18). The molecule has 0 saturated heterocycles. The lowest BCUT2D eigenvalue weighted by atomic mass is 10.0. The number of rotatable bonds is 7. The first-order valence-corrected chi connectivity index (χ1v) is 7.25. The average molecular weight is 328 g/mol. The second-order valence-electron chi connectivity index (χ2n) is 4.98. The molecule has 1 aliphatic carbocycles. The zero-order chi connectivity index (χ0) is 13.8. The maximum Gasteiger partial charge on any atom is 0.303 e. The van der Waals surface area contributed by atoms with Crippen LogP contribution in [0.1, 0.15) is 37.3 Å². The fraction of sp³-hybridized carbons (Fsp3) is 0.500. The van der Waals surface area contributed by atoms with E-state index >= 15 is 0 Å². The maximum absolute atomic E-state index is 10.6. The number of carboxylic acids is 1. The Kier molecular flexibility index (Phi) is 4.82. The normalized spacial score (nSPS) is 16.1. The van der Waals surface area contributed by atoms with E-state index in [4.69, 9.17) is 15.6 Å². The third-order valence-electron chi connectivity index (χ3n) is 3.22. The average Bonchev–Trinajstić information content (AvgIpc) is 3.19. The van der Waals surface area contributed by atoms with Gasteiger partial charge in [0.15, 0.2) is 0 Å². The van der Waals surface area contributed by atoms with E-state index < -0.39 is 5.97 Å². The summed E-state index contributed by atoms with van der Waals surface area (Å²) in [6, 6.07) is 5.44. The van der Waals surface area contributed by atoms with Crippen LogP contribution >= 0.6 is 15.9 Å². The molecule has 19 heavy (non-hydrogen) atoms. The Bertz CT molecular complexity index is 460. The lowest BCUT2D eigenvalue weighted by Crippen LogP contribution is -2.12. The van der Waals surface area contributed by atoms with Gasteiger partial charge in [-0.25, -0.2) is 0 Å².